The molecule has 6 nitrogen and oxygen atoms in total. The zero-order chi connectivity index (χ0) is 19.8. The van der Waals surface area contributed by atoms with Crippen LogP contribution in [0.25, 0.3) is 10.8 Å². The number of para-hydroxylation sites is 1. The zero-order valence-corrected chi connectivity index (χ0v) is 15.7. The molecular weight excluding hydrogens is 354 g/mol. The van der Waals surface area contributed by atoms with E-state index in [1.54, 1.807) is 25.3 Å². The number of rotatable bonds is 8. The quantitative estimate of drug-likeness (QED) is 0.527. The molecule has 0 fully saturated rings. The SMILES string of the molecule is COCCNC(=O)c1ccccc1NCC(=O)Nc1cccc2ccccc12. The highest BCUT2D eigenvalue weighted by atomic mass is 16.5. The number of hydrogen-bond acceptors (Lipinski definition) is 4. The first-order chi connectivity index (χ1) is 13.7. The summed E-state index contributed by atoms with van der Waals surface area (Å²) in [4.78, 5) is 24.7. The molecule has 0 bridgehead atoms. The Hall–Kier alpha value is -3.38. The van der Waals surface area contributed by atoms with Crippen molar-refractivity contribution in [2.24, 2.45) is 0 Å². The topological polar surface area (TPSA) is 79.5 Å². The Morgan fingerprint density at radius 1 is 0.893 bits per heavy atom. The fourth-order valence-electron chi connectivity index (χ4n) is 2.90. The smallest absolute Gasteiger partial charge is 0.253 e. The molecule has 6 heteroatoms. The molecule has 2 amide bonds. The van der Waals surface area contributed by atoms with E-state index in [4.69, 9.17) is 4.74 Å². The summed E-state index contributed by atoms with van der Waals surface area (Å²) in [6.07, 6.45) is 0. The highest BCUT2D eigenvalue weighted by Crippen LogP contribution is 2.23. The first-order valence-electron chi connectivity index (χ1n) is 9.06. The van der Waals surface area contributed by atoms with Crippen LogP contribution in [0.4, 0.5) is 11.4 Å². The molecule has 0 heterocycles. The van der Waals surface area contributed by atoms with E-state index in [0.29, 0.717) is 24.4 Å². The Morgan fingerprint density at radius 2 is 1.61 bits per heavy atom. The van der Waals surface area contributed by atoms with Crippen LogP contribution in [0.2, 0.25) is 0 Å². The predicted molar refractivity (Wildman–Crippen MR) is 112 cm³/mol. The molecule has 0 aliphatic heterocycles. The first-order valence-corrected chi connectivity index (χ1v) is 9.06. The normalized spacial score (nSPS) is 10.5. The third-order valence-electron chi connectivity index (χ3n) is 4.27. The molecule has 0 saturated heterocycles. The van der Waals surface area contributed by atoms with Gasteiger partial charge in [0.25, 0.3) is 5.91 Å². The summed E-state index contributed by atoms with van der Waals surface area (Å²) >= 11 is 0. The number of carbonyl (C=O) groups is 2. The van der Waals surface area contributed by atoms with Crippen molar-refractivity contribution in [2.75, 3.05) is 37.4 Å². The Morgan fingerprint density at radius 3 is 2.46 bits per heavy atom. The molecule has 28 heavy (non-hydrogen) atoms. The minimum absolute atomic E-state index is 0.0472. The van der Waals surface area contributed by atoms with Gasteiger partial charge in [-0.1, -0.05) is 48.5 Å². The minimum atomic E-state index is -0.213. The third kappa shape index (κ3) is 4.86. The average molecular weight is 377 g/mol. The number of hydrogen-bond donors (Lipinski definition) is 3. The number of methoxy groups -OCH3 is 1. The van der Waals surface area contributed by atoms with Crippen molar-refractivity contribution in [1.82, 2.24) is 5.32 Å². The van der Waals surface area contributed by atoms with E-state index in [1.807, 2.05) is 48.5 Å². The lowest BCUT2D eigenvalue weighted by molar-refractivity contribution is -0.114. The molecule has 3 rings (SSSR count). The van der Waals surface area contributed by atoms with E-state index in [0.717, 1.165) is 16.5 Å². The van der Waals surface area contributed by atoms with Gasteiger partial charge in [-0.05, 0) is 23.6 Å². The second-order valence-corrected chi connectivity index (χ2v) is 6.22. The summed E-state index contributed by atoms with van der Waals surface area (Å²) in [5.74, 6) is -0.402. The summed E-state index contributed by atoms with van der Waals surface area (Å²) in [6, 6.07) is 20.7. The van der Waals surface area contributed by atoms with Crippen molar-refractivity contribution in [1.29, 1.82) is 0 Å². The maximum Gasteiger partial charge on any atom is 0.253 e. The lowest BCUT2D eigenvalue weighted by atomic mass is 10.1. The summed E-state index contributed by atoms with van der Waals surface area (Å²) in [5, 5.41) is 10.8. The lowest BCUT2D eigenvalue weighted by Gasteiger charge is -2.13. The van der Waals surface area contributed by atoms with E-state index in [-0.39, 0.29) is 18.4 Å². The van der Waals surface area contributed by atoms with Gasteiger partial charge in [0, 0.05) is 30.4 Å². The van der Waals surface area contributed by atoms with Gasteiger partial charge < -0.3 is 20.7 Å². The van der Waals surface area contributed by atoms with Crippen LogP contribution in [0, 0.1) is 0 Å². The molecular formula is C22H23N3O3. The number of benzene rings is 3. The molecule has 0 aromatic heterocycles. The highest BCUT2D eigenvalue weighted by Gasteiger charge is 2.12. The second-order valence-electron chi connectivity index (χ2n) is 6.22. The van der Waals surface area contributed by atoms with Crippen molar-refractivity contribution in [3.05, 3.63) is 72.3 Å². The fraction of sp³-hybridized carbons (Fsp3) is 0.182. The monoisotopic (exact) mass is 377 g/mol. The maximum atomic E-state index is 12.4. The van der Waals surface area contributed by atoms with Crippen LogP contribution in [0.1, 0.15) is 10.4 Å². The van der Waals surface area contributed by atoms with Gasteiger partial charge in [-0.15, -0.1) is 0 Å². The number of fused-ring (bicyclic) bond motifs is 1. The van der Waals surface area contributed by atoms with Crippen LogP contribution in [0.5, 0.6) is 0 Å². The van der Waals surface area contributed by atoms with Crippen LogP contribution in [-0.2, 0) is 9.53 Å². The zero-order valence-electron chi connectivity index (χ0n) is 15.7. The molecule has 3 aromatic rings. The van der Waals surface area contributed by atoms with Crippen molar-refractivity contribution in [3.8, 4) is 0 Å². The Labute approximate surface area is 163 Å². The Kier molecular flexibility index (Phi) is 6.59. The van der Waals surface area contributed by atoms with Gasteiger partial charge in [0.15, 0.2) is 0 Å². The van der Waals surface area contributed by atoms with Crippen LogP contribution < -0.4 is 16.0 Å². The Bertz CT molecular complexity index is 967. The predicted octanol–water partition coefficient (Wildman–Crippen LogP) is 3.27. The summed E-state index contributed by atoms with van der Waals surface area (Å²) < 4.78 is 4.94. The van der Waals surface area contributed by atoms with Crippen LogP contribution >= 0.6 is 0 Å². The van der Waals surface area contributed by atoms with Crippen LogP contribution in [0.15, 0.2) is 66.7 Å². The largest absolute Gasteiger partial charge is 0.383 e. The molecule has 0 atom stereocenters. The van der Waals surface area contributed by atoms with Crippen molar-refractivity contribution < 1.29 is 14.3 Å². The average Bonchev–Trinajstić information content (AvgIpc) is 2.73. The molecule has 0 saturated carbocycles. The standard InChI is InChI=1S/C22H23N3O3/c1-28-14-13-23-22(27)18-10-4-5-11-19(18)24-15-21(26)25-20-12-6-8-16-7-2-3-9-17(16)20/h2-12,24H,13-15H2,1H3,(H,23,27)(H,25,26). The lowest BCUT2D eigenvalue weighted by Crippen LogP contribution is -2.28. The van der Waals surface area contributed by atoms with Crippen molar-refractivity contribution >= 4 is 34.0 Å². The van der Waals surface area contributed by atoms with Crippen molar-refractivity contribution in [2.45, 2.75) is 0 Å². The summed E-state index contributed by atoms with van der Waals surface area (Å²) in [5.41, 5.74) is 1.84. The van der Waals surface area contributed by atoms with Gasteiger partial charge in [0.2, 0.25) is 5.91 Å². The number of ether oxygens (including phenoxy) is 1. The van der Waals surface area contributed by atoms with E-state index in [1.165, 1.54) is 0 Å². The van der Waals surface area contributed by atoms with Gasteiger partial charge >= 0.3 is 0 Å². The van der Waals surface area contributed by atoms with Gasteiger partial charge in [-0.25, -0.2) is 0 Å². The number of amides is 2. The van der Waals surface area contributed by atoms with E-state index in [9.17, 15) is 9.59 Å². The molecule has 3 aromatic carbocycles. The number of nitrogens with one attached hydrogen (secondary N) is 3. The molecule has 0 aliphatic carbocycles. The van der Waals surface area contributed by atoms with Gasteiger partial charge in [0.05, 0.1) is 18.7 Å². The van der Waals surface area contributed by atoms with Crippen LogP contribution in [0.3, 0.4) is 0 Å². The van der Waals surface area contributed by atoms with Gasteiger partial charge in [0.1, 0.15) is 0 Å². The molecule has 144 valence electrons. The van der Waals surface area contributed by atoms with E-state index >= 15 is 0 Å². The summed E-state index contributed by atoms with van der Waals surface area (Å²) in [7, 11) is 1.58. The molecule has 0 radical (unpaired) electrons. The van der Waals surface area contributed by atoms with Crippen LogP contribution in [-0.4, -0.2) is 38.6 Å². The van der Waals surface area contributed by atoms with Gasteiger partial charge in [-0.2, -0.15) is 0 Å². The Balaban J connectivity index is 1.64. The number of carbonyl (C=O) groups excluding carboxylic acids is 2. The fourth-order valence-corrected chi connectivity index (χ4v) is 2.90. The van der Waals surface area contributed by atoms with Gasteiger partial charge in [-0.3, -0.25) is 9.59 Å². The molecule has 0 aliphatic rings. The maximum absolute atomic E-state index is 12.4. The minimum Gasteiger partial charge on any atom is -0.383 e. The first kappa shape index (κ1) is 19.4. The molecule has 3 N–H and O–H groups in total. The second kappa shape index (κ2) is 9.53. The summed E-state index contributed by atoms with van der Waals surface area (Å²) in [6.45, 7) is 0.908. The molecule has 0 unspecified atom stereocenters. The van der Waals surface area contributed by atoms with Crippen molar-refractivity contribution in [3.63, 3.8) is 0 Å². The highest BCUT2D eigenvalue weighted by molar-refractivity contribution is 6.04. The number of anilines is 2. The third-order valence-corrected chi connectivity index (χ3v) is 4.27. The van der Waals surface area contributed by atoms with E-state index in [2.05, 4.69) is 16.0 Å². The van der Waals surface area contributed by atoms with E-state index < -0.39 is 0 Å². The molecule has 0 spiro atoms.